The molecule has 1 unspecified atom stereocenters. The van der Waals surface area contributed by atoms with Crippen LogP contribution in [-0.4, -0.2) is 12.7 Å². The highest BCUT2D eigenvalue weighted by molar-refractivity contribution is 6.17. The second-order valence-corrected chi connectivity index (χ2v) is 5.02. The van der Waals surface area contributed by atoms with Gasteiger partial charge in [-0.1, -0.05) is 18.2 Å². The van der Waals surface area contributed by atoms with Gasteiger partial charge < -0.3 is 9.47 Å². The average molecular weight is 293 g/mol. The fraction of sp³-hybridized carbons (Fsp3) is 0.250. The summed E-state index contributed by atoms with van der Waals surface area (Å²) in [6, 6.07) is 12.2. The molecule has 0 bridgehead atoms. The van der Waals surface area contributed by atoms with Crippen molar-refractivity contribution in [3.05, 3.63) is 59.4 Å². The van der Waals surface area contributed by atoms with Crippen LogP contribution in [0, 0.1) is 5.82 Å². The third kappa shape index (κ3) is 2.73. The molecule has 0 saturated carbocycles. The van der Waals surface area contributed by atoms with Crippen molar-refractivity contribution in [3.8, 4) is 11.5 Å². The monoisotopic (exact) mass is 292 g/mol. The van der Waals surface area contributed by atoms with Gasteiger partial charge in [-0.05, 0) is 24.3 Å². The van der Waals surface area contributed by atoms with Gasteiger partial charge in [-0.25, -0.2) is 4.39 Å². The van der Waals surface area contributed by atoms with Gasteiger partial charge in [-0.3, -0.25) is 0 Å². The van der Waals surface area contributed by atoms with Gasteiger partial charge in [0.2, 0.25) is 0 Å². The van der Waals surface area contributed by atoms with E-state index in [0.29, 0.717) is 18.9 Å². The summed E-state index contributed by atoms with van der Waals surface area (Å²) in [6.07, 6.45) is 0.575. The van der Waals surface area contributed by atoms with Crippen LogP contribution in [0.1, 0.15) is 11.1 Å². The first-order valence-corrected chi connectivity index (χ1v) is 7.01. The van der Waals surface area contributed by atoms with E-state index < -0.39 is 0 Å². The Bertz CT molecular complexity index is 615. The first kappa shape index (κ1) is 13.3. The molecule has 0 saturated heterocycles. The average Bonchev–Trinajstić information content (AvgIpc) is 2.87. The minimum absolute atomic E-state index is 0.0878. The Balaban J connectivity index is 1.64. The predicted molar refractivity (Wildman–Crippen MR) is 76.0 cm³/mol. The molecule has 1 aliphatic heterocycles. The van der Waals surface area contributed by atoms with E-state index >= 15 is 0 Å². The zero-order valence-electron chi connectivity index (χ0n) is 10.8. The molecule has 2 aromatic carbocycles. The fourth-order valence-electron chi connectivity index (χ4n) is 2.32. The molecule has 0 N–H and O–H groups in total. The summed E-state index contributed by atoms with van der Waals surface area (Å²) >= 11 is 5.86. The number of alkyl halides is 1. The SMILES string of the molecule is Fc1ccc2c(c1)CC(COc1ccccc1CCl)O2. The van der Waals surface area contributed by atoms with Gasteiger partial charge in [-0.15, -0.1) is 11.6 Å². The Labute approximate surface area is 122 Å². The summed E-state index contributed by atoms with van der Waals surface area (Å²) in [5.74, 6) is 1.69. The van der Waals surface area contributed by atoms with Crippen molar-refractivity contribution in [2.75, 3.05) is 6.61 Å². The van der Waals surface area contributed by atoms with Crippen LogP contribution in [0.15, 0.2) is 42.5 Å². The lowest BCUT2D eigenvalue weighted by atomic mass is 10.1. The highest BCUT2D eigenvalue weighted by Gasteiger charge is 2.24. The third-order valence-electron chi connectivity index (χ3n) is 3.31. The minimum Gasteiger partial charge on any atom is -0.489 e. The third-order valence-corrected chi connectivity index (χ3v) is 3.59. The molecule has 20 heavy (non-hydrogen) atoms. The van der Waals surface area contributed by atoms with Gasteiger partial charge in [0, 0.05) is 17.5 Å². The number of fused-ring (bicyclic) bond motifs is 1. The second-order valence-electron chi connectivity index (χ2n) is 4.75. The van der Waals surface area contributed by atoms with Crippen molar-refractivity contribution >= 4 is 11.6 Å². The smallest absolute Gasteiger partial charge is 0.137 e. The number of hydrogen-bond donors (Lipinski definition) is 0. The molecule has 4 heteroatoms. The molecule has 0 amide bonds. The lowest BCUT2D eigenvalue weighted by Gasteiger charge is -2.14. The van der Waals surface area contributed by atoms with Gasteiger partial charge in [-0.2, -0.15) is 0 Å². The van der Waals surface area contributed by atoms with E-state index in [4.69, 9.17) is 21.1 Å². The largest absolute Gasteiger partial charge is 0.489 e. The van der Waals surface area contributed by atoms with E-state index in [9.17, 15) is 4.39 Å². The lowest BCUT2D eigenvalue weighted by molar-refractivity contribution is 0.148. The molecule has 0 fully saturated rings. The zero-order valence-corrected chi connectivity index (χ0v) is 11.6. The molecular weight excluding hydrogens is 279 g/mol. The van der Waals surface area contributed by atoms with Gasteiger partial charge in [0.15, 0.2) is 0 Å². The minimum atomic E-state index is -0.235. The van der Waals surface area contributed by atoms with Crippen molar-refractivity contribution in [3.63, 3.8) is 0 Å². The van der Waals surface area contributed by atoms with Crippen LogP contribution in [-0.2, 0) is 12.3 Å². The summed E-state index contributed by atoms with van der Waals surface area (Å²) in [7, 11) is 0. The van der Waals surface area contributed by atoms with E-state index in [0.717, 1.165) is 22.6 Å². The highest BCUT2D eigenvalue weighted by atomic mass is 35.5. The van der Waals surface area contributed by atoms with E-state index in [1.807, 2.05) is 24.3 Å². The molecule has 0 aliphatic carbocycles. The summed E-state index contributed by atoms with van der Waals surface area (Å²) in [5, 5.41) is 0. The quantitative estimate of drug-likeness (QED) is 0.795. The molecule has 2 aromatic rings. The first-order chi connectivity index (χ1) is 9.76. The summed E-state index contributed by atoms with van der Waals surface area (Å²) in [6.45, 7) is 0.421. The maximum absolute atomic E-state index is 13.1. The van der Waals surface area contributed by atoms with E-state index in [1.54, 1.807) is 6.07 Å². The Morgan fingerprint density at radius 2 is 2.10 bits per heavy atom. The number of halogens is 2. The van der Waals surface area contributed by atoms with Crippen molar-refractivity contribution < 1.29 is 13.9 Å². The predicted octanol–water partition coefficient (Wildman–Crippen LogP) is 3.95. The maximum Gasteiger partial charge on any atom is 0.137 e. The van der Waals surface area contributed by atoms with Crippen LogP contribution in [0.25, 0.3) is 0 Å². The molecule has 1 atom stereocenters. The van der Waals surface area contributed by atoms with Crippen molar-refractivity contribution in [2.45, 2.75) is 18.4 Å². The number of ether oxygens (including phenoxy) is 2. The second kappa shape index (κ2) is 5.71. The Morgan fingerprint density at radius 1 is 1.25 bits per heavy atom. The van der Waals surface area contributed by atoms with Crippen molar-refractivity contribution in [2.24, 2.45) is 0 Å². The number of benzene rings is 2. The van der Waals surface area contributed by atoms with Crippen LogP contribution >= 0.6 is 11.6 Å². The van der Waals surface area contributed by atoms with E-state index in [-0.39, 0.29) is 11.9 Å². The summed E-state index contributed by atoms with van der Waals surface area (Å²) in [4.78, 5) is 0. The van der Waals surface area contributed by atoms with Crippen LogP contribution in [0.4, 0.5) is 4.39 Å². The van der Waals surface area contributed by atoms with Gasteiger partial charge in [0.05, 0.1) is 5.88 Å². The Hall–Kier alpha value is -1.74. The molecule has 104 valence electrons. The van der Waals surface area contributed by atoms with Gasteiger partial charge >= 0.3 is 0 Å². The van der Waals surface area contributed by atoms with Gasteiger partial charge in [0.1, 0.15) is 30.0 Å². The molecule has 3 rings (SSSR count). The normalized spacial score (nSPS) is 16.6. The molecule has 1 heterocycles. The standard InChI is InChI=1S/C16H14ClFO2/c17-9-11-3-1-2-4-15(11)19-10-14-8-12-7-13(18)5-6-16(12)20-14/h1-7,14H,8-10H2. The molecule has 0 aromatic heterocycles. The first-order valence-electron chi connectivity index (χ1n) is 6.48. The molecule has 2 nitrogen and oxygen atoms in total. The topological polar surface area (TPSA) is 18.5 Å². The van der Waals surface area contributed by atoms with Crippen LogP contribution in [0.5, 0.6) is 11.5 Å². The fourth-order valence-corrected chi connectivity index (χ4v) is 2.54. The Morgan fingerprint density at radius 3 is 2.95 bits per heavy atom. The number of rotatable bonds is 4. The van der Waals surface area contributed by atoms with E-state index in [2.05, 4.69) is 0 Å². The maximum atomic E-state index is 13.1. The van der Waals surface area contributed by atoms with Crippen LogP contribution in [0.3, 0.4) is 0 Å². The van der Waals surface area contributed by atoms with Gasteiger partial charge in [0.25, 0.3) is 0 Å². The van der Waals surface area contributed by atoms with Crippen molar-refractivity contribution in [1.82, 2.24) is 0 Å². The summed E-state index contributed by atoms with van der Waals surface area (Å²) in [5.41, 5.74) is 1.85. The molecule has 0 radical (unpaired) electrons. The van der Waals surface area contributed by atoms with Crippen LogP contribution < -0.4 is 9.47 Å². The number of para-hydroxylation sites is 1. The Kier molecular flexibility index (Phi) is 3.79. The zero-order chi connectivity index (χ0) is 13.9. The van der Waals surface area contributed by atoms with Crippen molar-refractivity contribution in [1.29, 1.82) is 0 Å². The molecule has 0 spiro atoms. The molecular formula is C16H14ClFO2. The lowest BCUT2D eigenvalue weighted by Crippen LogP contribution is -2.22. The highest BCUT2D eigenvalue weighted by Crippen LogP contribution is 2.30. The molecule has 1 aliphatic rings. The van der Waals surface area contributed by atoms with Crippen LogP contribution in [0.2, 0.25) is 0 Å². The summed E-state index contributed by atoms with van der Waals surface area (Å²) < 4.78 is 24.6. The van der Waals surface area contributed by atoms with E-state index in [1.165, 1.54) is 12.1 Å². The number of hydrogen-bond acceptors (Lipinski definition) is 2.